The number of carbonyl (C=O) groups is 1. The van der Waals surface area contributed by atoms with Crippen molar-refractivity contribution in [3.63, 3.8) is 0 Å². The molecule has 2 saturated heterocycles. The Morgan fingerprint density at radius 3 is 2.68 bits per heavy atom. The molecular formula is C16H21NO2. The fourth-order valence-corrected chi connectivity index (χ4v) is 3.47. The molecule has 19 heavy (non-hydrogen) atoms. The molecule has 0 amide bonds. The zero-order chi connectivity index (χ0) is 13.2. The monoisotopic (exact) mass is 259 g/mol. The normalized spacial score (nSPS) is 27.9. The van der Waals surface area contributed by atoms with Gasteiger partial charge in [0.25, 0.3) is 0 Å². The maximum atomic E-state index is 12.0. The van der Waals surface area contributed by atoms with Gasteiger partial charge in [-0.25, -0.2) is 0 Å². The summed E-state index contributed by atoms with van der Waals surface area (Å²) in [4.78, 5) is 14.5. The smallest absolute Gasteiger partial charge is 0.136 e. The molecule has 0 spiro atoms. The van der Waals surface area contributed by atoms with Crippen molar-refractivity contribution >= 4 is 5.78 Å². The van der Waals surface area contributed by atoms with E-state index in [2.05, 4.69) is 17.0 Å². The fraction of sp³-hybridized carbons (Fsp3) is 0.562. The molecule has 0 N–H and O–H groups in total. The third-order valence-corrected chi connectivity index (χ3v) is 4.46. The molecule has 2 heterocycles. The minimum absolute atomic E-state index is 0.275. The van der Waals surface area contributed by atoms with Crippen molar-refractivity contribution in [3.8, 4) is 5.75 Å². The topological polar surface area (TPSA) is 29.5 Å². The number of carbonyl (C=O) groups excluding carboxylic acids is 1. The Balaban J connectivity index is 1.85. The standard InChI is InChI=1S/C16H21NO2/c1-19-15-7-5-12(6-8-15)16-11-14(18)10-13-4-2-3-9-17(13)16/h5-8,13,16H,2-4,9-11H2,1H3/t13-,16-/m0/s1. The van der Waals surface area contributed by atoms with Crippen molar-refractivity contribution in [3.05, 3.63) is 29.8 Å². The first-order valence-electron chi connectivity index (χ1n) is 7.19. The maximum absolute atomic E-state index is 12.0. The molecule has 2 atom stereocenters. The third-order valence-electron chi connectivity index (χ3n) is 4.46. The number of benzene rings is 1. The molecule has 3 nitrogen and oxygen atoms in total. The number of Topliss-reactive ketones (excluding diaryl/α,β-unsaturated/α-hetero) is 1. The Morgan fingerprint density at radius 1 is 1.16 bits per heavy atom. The highest BCUT2D eigenvalue weighted by Gasteiger charge is 2.36. The molecule has 2 fully saturated rings. The summed E-state index contributed by atoms with van der Waals surface area (Å²) in [6.07, 6.45) is 5.13. The van der Waals surface area contributed by atoms with Crippen molar-refractivity contribution in [1.82, 2.24) is 4.90 Å². The van der Waals surface area contributed by atoms with Gasteiger partial charge in [0.1, 0.15) is 11.5 Å². The average Bonchev–Trinajstić information content (AvgIpc) is 2.46. The molecule has 3 rings (SSSR count). The van der Waals surface area contributed by atoms with Crippen LogP contribution in [-0.2, 0) is 4.79 Å². The number of piperidine rings is 2. The summed E-state index contributed by atoms with van der Waals surface area (Å²) >= 11 is 0. The van der Waals surface area contributed by atoms with Crippen LogP contribution in [-0.4, -0.2) is 30.4 Å². The lowest BCUT2D eigenvalue weighted by molar-refractivity contribution is -0.126. The van der Waals surface area contributed by atoms with E-state index in [9.17, 15) is 4.79 Å². The fourth-order valence-electron chi connectivity index (χ4n) is 3.47. The minimum atomic E-state index is 0.275. The van der Waals surface area contributed by atoms with Crippen LogP contribution in [0.1, 0.15) is 43.7 Å². The average molecular weight is 259 g/mol. The summed E-state index contributed by atoms with van der Waals surface area (Å²) in [5.41, 5.74) is 1.25. The number of hydrogen-bond donors (Lipinski definition) is 0. The highest BCUT2D eigenvalue weighted by molar-refractivity contribution is 5.80. The van der Waals surface area contributed by atoms with Gasteiger partial charge in [0.2, 0.25) is 0 Å². The molecule has 3 heteroatoms. The van der Waals surface area contributed by atoms with E-state index in [1.165, 1.54) is 24.8 Å². The van der Waals surface area contributed by atoms with Crippen molar-refractivity contribution in [2.45, 2.75) is 44.2 Å². The van der Waals surface area contributed by atoms with E-state index in [1.54, 1.807) is 7.11 Å². The third kappa shape index (κ3) is 2.52. The van der Waals surface area contributed by atoms with Gasteiger partial charge in [-0.1, -0.05) is 18.6 Å². The van der Waals surface area contributed by atoms with E-state index in [0.717, 1.165) is 18.7 Å². The molecule has 2 aliphatic rings. The lowest BCUT2D eigenvalue weighted by Crippen LogP contribution is -2.47. The second kappa shape index (κ2) is 5.33. The number of nitrogens with zero attached hydrogens (tertiary/aromatic N) is 1. The van der Waals surface area contributed by atoms with Crippen LogP contribution in [0.15, 0.2) is 24.3 Å². The lowest BCUT2D eigenvalue weighted by atomic mass is 9.85. The largest absolute Gasteiger partial charge is 0.497 e. The molecule has 1 aromatic carbocycles. The van der Waals surface area contributed by atoms with Crippen LogP contribution in [0.25, 0.3) is 0 Å². The Labute approximate surface area is 114 Å². The molecule has 0 unspecified atom stereocenters. The first-order chi connectivity index (χ1) is 9.28. The molecular weight excluding hydrogens is 238 g/mol. The van der Waals surface area contributed by atoms with Crippen LogP contribution in [0.3, 0.4) is 0 Å². The summed E-state index contributed by atoms with van der Waals surface area (Å²) in [5.74, 6) is 1.30. The summed E-state index contributed by atoms with van der Waals surface area (Å²) < 4.78 is 5.20. The Morgan fingerprint density at radius 2 is 1.95 bits per heavy atom. The van der Waals surface area contributed by atoms with Gasteiger partial charge in [0.15, 0.2) is 0 Å². The van der Waals surface area contributed by atoms with E-state index >= 15 is 0 Å². The van der Waals surface area contributed by atoms with Gasteiger partial charge in [0, 0.05) is 24.9 Å². The summed E-state index contributed by atoms with van der Waals surface area (Å²) in [6, 6.07) is 8.95. The van der Waals surface area contributed by atoms with Gasteiger partial charge in [-0.15, -0.1) is 0 Å². The van der Waals surface area contributed by atoms with Gasteiger partial charge in [-0.2, -0.15) is 0 Å². The van der Waals surface area contributed by atoms with Crippen LogP contribution < -0.4 is 4.74 Å². The second-order valence-corrected chi connectivity index (χ2v) is 5.62. The first-order valence-corrected chi connectivity index (χ1v) is 7.19. The molecule has 0 radical (unpaired) electrons. The van der Waals surface area contributed by atoms with Crippen molar-refractivity contribution < 1.29 is 9.53 Å². The predicted octanol–water partition coefficient (Wildman–Crippen LogP) is 2.95. The molecule has 0 saturated carbocycles. The number of ether oxygens (including phenoxy) is 1. The Hall–Kier alpha value is -1.35. The molecule has 0 bridgehead atoms. The lowest BCUT2D eigenvalue weighted by Gasteiger charge is -2.44. The molecule has 2 aliphatic heterocycles. The highest BCUT2D eigenvalue weighted by Crippen LogP contribution is 2.37. The van der Waals surface area contributed by atoms with Crippen molar-refractivity contribution in [1.29, 1.82) is 0 Å². The van der Waals surface area contributed by atoms with Crippen molar-refractivity contribution in [2.24, 2.45) is 0 Å². The maximum Gasteiger partial charge on any atom is 0.136 e. The van der Waals surface area contributed by atoms with Crippen molar-refractivity contribution in [2.75, 3.05) is 13.7 Å². The number of hydrogen-bond acceptors (Lipinski definition) is 3. The van der Waals surface area contributed by atoms with E-state index in [0.29, 0.717) is 18.2 Å². The van der Waals surface area contributed by atoms with Gasteiger partial charge >= 0.3 is 0 Å². The minimum Gasteiger partial charge on any atom is -0.497 e. The SMILES string of the molecule is COc1ccc([C@@H]2CC(=O)C[C@@H]3CCCCN32)cc1. The molecule has 1 aromatic rings. The van der Waals surface area contributed by atoms with Crippen LogP contribution >= 0.6 is 0 Å². The Bertz CT molecular complexity index is 454. The zero-order valence-corrected chi connectivity index (χ0v) is 11.5. The summed E-state index contributed by atoms with van der Waals surface area (Å²) in [7, 11) is 1.68. The summed E-state index contributed by atoms with van der Waals surface area (Å²) in [5, 5.41) is 0. The number of ketones is 1. The predicted molar refractivity (Wildman–Crippen MR) is 74.3 cm³/mol. The molecule has 0 aromatic heterocycles. The highest BCUT2D eigenvalue weighted by atomic mass is 16.5. The van der Waals surface area contributed by atoms with E-state index in [1.807, 2.05) is 12.1 Å². The quantitative estimate of drug-likeness (QED) is 0.818. The second-order valence-electron chi connectivity index (χ2n) is 5.62. The molecule has 0 aliphatic carbocycles. The summed E-state index contributed by atoms with van der Waals surface area (Å²) in [6.45, 7) is 1.13. The number of fused-ring (bicyclic) bond motifs is 1. The molecule has 102 valence electrons. The van der Waals surface area contributed by atoms with Gasteiger partial charge < -0.3 is 4.74 Å². The Kier molecular flexibility index (Phi) is 3.56. The van der Waals surface area contributed by atoms with Gasteiger partial charge in [-0.3, -0.25) is 9.69 Å². The van der Waals surface area contributed by atoms with E-state index in [4.69, 9.17) is 4.74 Å². The first kappa shape index (κ1) is 12.7. The van der Waals surface area contributed by atoms with E-state index in [-0.39, 0.29) is 6.04 Å². The van der Waals surface area contributed by atoms with Crippen LogP contribution in [0.4, 0.5) is 0 Å². The van der Waals surface area contributed by atoms with Gasteiger partial charge in [-0.05, 0) is 37.1 Å². The number of methoxy groups -OCH3 is 1. The van der Waals surface area contributed by atoms with Crippen LogP contribution in [0.5, 0.6) is 5.75 Å². The van der Waals surface area contributed by atoms with Gasteiger partial charge in [0.05, 0.1) is 7.11 Å². The van der Waals surface area contributed by atoms with Crippen LogP contribution in [0, 0.1) is 0 Å². The number of rotatable bonds is 2. The van der Waals surface area contributed by atoms with E-state index < -0.39 is 0 Å². The van der Waals surface area contributed by atoms with Crippen LogP contribution in [0.2, 0.25) is 0 Å². The zero-order valence-electron chi connectivity index (χ0n) is 11.5.